The topological polar surface area (TPSA) is 139 Å². The Kier molecular flexibility index (Phi) is 5.92. The van der Waals surface area contributed by atoms with Crippen LogP contribution in [0.4, 0.5) is 5.13 Å². The molecule has 0 spiro atoms. The lowest BCUT2D eigenvalue weighted by Gasteiger charge is -2.24. The van der Waals surface area contributed by atoms with Gasteiger partial charge in [-0.15, -0.1) is 0 Å². The monoisotopic (exact) mass is 520 g/mol. The number of aryl methyl sites for hydroxylation is 1. The molecule has 10 nitrogen and oxygen atoms in total. The highest BCUT2D eigenvalue weighted by molar-refractivity contribution is 7.17. The number of para-hydroxylation sites is 1. The molecule has 0 saturated heterocycles. The van der Waals surface area contributed by atoms with Gasteiger partial charge >= 0.3 is 5.97 Å². The number of phenolic OH excluding ortho intramolecular Hbond substituents is 1. The summed E-state index contributed by atoms with van der Waals surface area (Å²) in [6, 6.07) is 11.4. The number of benzene rings is 2. The molecule has 1 aliphatic heterocycles. The summed E-state index contributed by atoms with van der Waals surface area (Å²) >= 11 is 0.884. The van der Waals surface area contributed by atoms with Gasteiger partial charge in [-0.25, -0.2) is 9.78 Å². The highest BCUT2D eigenvalue weighted by Crippen LogP contribution is 2.44. The fourth-order valence-corrected chi connectivity index (χ4v) is 5.27. The van der Waals surface area contributed by atoms with E-state index in [-0.39, 0.29) is 27.1 Å². The van der Waals surface area contributed by atoms with Gasteiger partial charge in [0.25, 0.3) is 5.91 Å². The standard InChI is InChI=1S/C26H20N2O8S/c1-12-23(25(33)35-3)37-26(27-12)28-19(13-6-4-8-15(29)10-13)18(21(31)24(28)32)20(30)17-11-14-7-5-9-16(34-2)22(14)36-17/h4-11,19,29,31H,1-3H3. The summed E-state index contributed by atoms with van der Waals surface area (Å²) < 4.78 is 15.9. The second-order valence-electron chi connectivity index (χ2n) is 8.16. The normalized spacial score (nSPS) is 15.5. The summed E-state index contributed by atoms with van der Waals surface area (Å²) in [5.74, 6) is -2.87. The number of amides is 1. The number of esters is 1. The van der Waals surface area contributed by atoms with E-state index < -0.39 is 29.5 Å². The zero-order valence-electron chi connectivity index (χ0n) is 19.8. The minimum Gasteiger partial charge on any atom is -0.508 e. The van der Waals surface area contributed by atoms with E-state index in [0.717, 1.165) is 16.2 Å². The first-order valence-electron chi connectivity index (χ1n) is 11.0. The Morgan fingerprint density at radius 1 is 1.11 bits per heavy atom. The number of carbonyl (C=O) groups is 3. The van der Waals surface area contributed by atoms with Crippen molar-refractivity contribution in [1.82, 2.24) is 4.98 Å². The van der Waals surface area contributed by atoms with Gasteiger partial charge in [0.15, 0.2) is 28.0 Å². The van der Waals surface area contributed by atoms with Crippen molar-refractivity contribution in [3.8, 4) is 11.5 Å². The number of fused-ring (bicyclic) bond motifs is 1. The van der Waals surface area contributed by atoms with E-state index in [9.17, 15) is 24.6 Å². The number of hydrogen-bond acceptors (Lipinski definition) is 10. The van der Waals surface area contributed by atoms with Crippen molar-refractivity contribution in [3.63, 3.8) is 0 Å². The van der Waals surface area contributed by atoms with E-state index in [1.165, 1.54) is 32.4 Å². The molecule has 1 aliphatic rings. The number of carbonyl (C=O) groups excluding carboxylic acids is 3. The van der Waals surface area contributed by atoms with Gasteiger partial charge in [0.2, 0.25) is 5.78 Å². The van der Waals surface area contributed by atoms with Gasteiger partial charge in [-0.2, -0.15) is 0 Å². The minimum atomic E-state index is -1.17. The number of furan rings is 1. The number of nitrogens with zero attached hydrogens (tertiary/aromatic N) is 2. The van der Waals surface area contributed by atoms with Crippen molar-refractivity contribution in [1.29, 1.82) is 0 Å². The number of methoxy groups -OCH3 is 2. The average Bonchev–Trinajstić information content (AvgIpc) is 3.57. The lowest BCUT2D eigenvalue weighted by Crippen LogP contribution is -2.31. The number of anilines is 1. The van der Waals surface area contributed by atoms with Gasteiger partial charge in [-0.05, 0) is 36.8 Å². The maximum atomic E-state index is 13.8. The van der Waals surface area contributed by atoms with Crippen molar-refractivity contribution < 1.29 is 38.5 Å². The van der Waals surface area contributed by atoms with Crippen molar-refractivity contribution in [2.75, 3.05) is 19.1 Å². The molecule has 2 aromatic heterocycles. The van der Waals surface area contributed by atoms with Crippen LogP contribution < -0.4 is 9.64 Å². The Bertz CT molecular complexity index is 1620. The maximum Gasteiger partial charge on any atom is 0.350 e. The molecular weight excluding hydrogens is 500 g/mol. The van der Waals surface area contributed by atoms with Crippen LogP contribution in [0.15, 0.2) is 64.3 Å². The van der Waals surface area contributed by atoms with E-state index in [4.69, 9.17) is 13.9 Å². The van der Waals surface area contributed by atoms with Crippen LogP contribution in [0, 0.1) is 6.92 Å². The molecule has 37 heavy (non-hydrogen) atoms. The first-order valence-corrected chi connectivity index (χ1v) is 11.8. The Morgan fingerprint density at radius 2 is 1.86 bits per heavy atom. The van der Waals surface area contributed by atoms with Crippen LogP contribution in [0.2, 0.25) is 0 Å². The number of ketones is 1. The van der Waals surface area contributed by atoms with E-state index >= 15 is 0 Å². The predicted octanol–water partition coefficient (Wildman–Crippen LogP) is 4.48. The Balaban J connectivity index is 1.66. The van der Waals surface area contributed by atoms with Crippen molar-refractivity contribution in [2.24, 2.45) is 0 Å². The van der Waals surface area contributed by atoms with Crippen LogP contribution >= 0.6 is 11.3 Å². The van der Waals surface area contributed by atoms with Crippen molar-refractivity contribution in [3.05, 3.63) is 81.8 Å². The number of phenols is 1. The van der Waals surface area contributed by atoms with Crippen molar-refractivity contribution >= 4 is 45.1 Å². The highest BCUT2D eigenvalue weighted by atomic mass is 32.1. The lowest BCUT2D eigenvalue weighted by molar-refractivity contribution is -0.117. The summed E-state index contributed by atoms with van der Waals surface area (Å²) in [6.07, 6.45) is 0. The van der Waals surface area contributed by atoms with Gasteiger partial charge < -0.3 is 24.1 Å². The van der Waals surface area contributed by atoms with E-state index in [1.54, 1.807) is 37.3 Å². The number of ether oxygens (including phenoxy) is 2. The summed E-state index contributed by atoms with van der Waals surface area (Å²) in [7, 11) is 2.70. The molecule has 4 aromatic rings. The van der Waals surface area contributed by atoms with Gasteiger partial charge in [0.05, 0.1) is 31.5 Å². The third-order valence-corrected chi connectivity index (χ3v) is 7.09. The predicted molar refractivity (Wildman–Crippen MR) is 133 cm³/mol. The van der Waals surface area contributed by atoms with Crippen LogP contribution in [-0.2, 0) is 9.53 Å². The molecule has 3 heterocycles. The van der Waals surface area contributed by atoms with Gasteiger partial charge in [-0.3, -0.25) is 14.5 Å². The molecule has 0 aliphatic carbocycles. The zero-order chi connectivity index (χ0) is 26.4. The number of aromatic nitrogens is 1. The maximum absolute atomic E-state index is 13.8. The molecule has 1 amide bonds. The van der Waals surface area contributed by atoms with E-state index in [1.807, 2.05) is 0 Å². The summed E-state index contributed by atoms with van der Waals surface area (Å²) in [6.45, 7) is 1.58. The number of aromatic hydroxyl groups is 1. The number of aliphatic hydroxyl groups is 1. The largest absolute Gasteiger partial charge is 0.508 e. The first-order chi connectivity index (χ1) is 17.7. The Labute approximate surface area is 214 Å². The van der Waals surface area contributed by atoms with Crippen LogP contribution in [0.3, 0.4) is 0 Å². The molecule has 2 N–H and O–H groups in total. The molecule has 11 heteroatoms. The highest BCUT2D eigenvalue weighted by Gasteiger charge is 2.47. The van der Waals surface area contributed by atoms with Gasteiger partial charge in [0, 0.05) is 5.39 Å². The van der Waals surface area contributed by atoms with Gasteiger partial charge in [-0.1, -0.05) is 35.6 Å². The number of hydrogen-bond donors (Lipinski definition) is 2. The zero-order valence-corrected chi connectivity index (χ0v) is 20.7. The van der Waals surface area contributed by atoms with E-state index in [0.29, 0.717) is 28.0 Å². The van der Waals surface area contributed by atoms with Crippen molar-refractivity contribution in [2.45, 2.75) is 13.0 Å². The third-order valence-electron chi connectivity index (χ3n) is 5.95. The molecule has 0 radical (unpaired) electrons. The number of aliphatic hydroxyl groups excluding tert-OH is 1. The second-order valence-corrected chi connectivity index (χ2v) is 9.13. The summed E-state index contributed by atoms with van der Waals surface area (Å²) in [4.78, 5) is 44.9. The molecule has 1 unspecified atom stereocenters. The van der Waals surface area contributed by atoms with Crippen LogP contribution in [0.1, 0.15) is 37.5 Å². The second kappa shape index (κ2) is 9.10. The molecule has 0 saturated carbocycles. The fraction of sp³-hybridized carbons (Fsp3) is 0.154. The Morgan fingerprint density at radius 3 is 2.57 bits per heavy atom. The molecular formula is C26H20N2O8S. The van der Waals surface area contributed by atoms with Crippen LogP contribution in [0.5, 0.6) is 11.5 Å². The molecule has 0 bridgehead atoms. The summed E-state index contributed by atoms with van der Waals surface area (Å²) in [5.41, 5.74) is 0.725. The van der Waals surface area contributed by atoms with Crippen LogP contribution in [-0.4, -0.2) is 47.1 Å². The summed E-state index contributed by atoms with van der Waals surface area (Å²) in [5, 5.41) is 21.7. The number of thiazole rings is 1. The lowest BCUT2D eigenvalue weighted by atomic mass is 9.95. The molecule has 2 aromatic carbocycles. The smallest absolute Gasteiger partial charge is 0.350 e. The number of rotatable bonds is 6. The molecule has 188 valence electrons. The average molecular weight is 521 g/mol. The Hall–Kier alpha value is -4.64. The van der Waals surface area contributed by atoms with Gasteiger partial charge in [0.1, 0.15) is 10.6 Å². The quantitative estimate of drug-likeness (QED) is 0.278. The molecule has 1 atom stereocenters. The fourth-order valence-electron chi connectivity index (χ4n) is 4.25. The molecule has 0 fully saturated rings. The minimum absolute atomic E-state index is 0.0665. The molecule has 5 rings (SSSR count). The van der Waals surface area contributed by atoms with Crippen LogP contribution in [0.25, 0.3) is 11.0 Å². The third kappa shape index (κ3) is 3.89. The van der Waals surface area contributed by atoms with E-state index in [2.05, 4.69) is 4.98 Å². The first kappa shape index (κ1) is 24.1. The number of Topliss-reactive ketones (excluding diaryl/α,β-unsaturated/α-hetero) is 1. The SMILES string of the molecule is COC(=O)c1sc(N2C(=O)C(O)=C(C(=O)c3cc4cccc(OC)c4o3)C2c2cccc(O)c2)nc1C.